The summed E-state index contributed by atoms with van der Waals surface area (Å²) in [6.45, 7) is 6.44. The van der Waals surface area contributed by atoms with Gasteiger partial charge in [0.2, 0.25) is 11.1 Å². The van der Waals surface area contributed by atoms with Gasteiger partial charge in [-0.1, -0.05) is 68.9 Å². The second kappa shape index (κ2) is 8.02. The van der Waals surface area contributed by atoms with Crippen molar-refractivity contribution >= 4 is 23.4 Å². The lowest BCUT2D eigenvalue weighted by Crippen LogP contribution is -2.17. The molecule has 0 radical (unpaired) electrons. The number of halogens is 1. The van der Waals surface area contributed by atoms with Gasteiger partial charge in [-0.2, -0.15) is 0 Å². The maximum atomic E-state index is 13.6. The summed E-state index contributed by atoms with van der Waals surface area (Å²) in [5.74, 6) is 5.81. The Bertz CT molecular complexity index is 979. The topological polar surface area (TPSA) is 85.8 Å². The molecule has 2 aromatic carbocycles. The standard InChI is InChI=1S/C20H22FN5OS/c1-20(2,3)14-10-8-13(9-11-14)18-24-25-19(26(18)22)28-12-17(27)23-16-7-5-4-6-15(16)21/h4-11H,12,22H2,1-3H3,(H,23,27). The maximum Gasteiger partial charge on any atom is 0.234 e. The molecular formula is C20H22FN5OS. The van der Waals surface area contributed by atoms with Crippen LogP contribution in [-0.4, -0.2) is 26.5 Å². The van der Waals surface area contributed by atoms with Crippen LogP contribution in [0.5, 0.6) is 0 Å². The van der Waals surface area contributed by atoms with Gasteiger partial charge in [-0.05, 0) is 23.1 Å². The summed E-state index contributed by atoms with van der Waals surface area (Å²) in [5.41, 5.74) is 2.24. The number of carbonyl (C=O) groups is 1. The minimum atomic E-state index is -0.483. The van der Waals surface area contributed by atoms with E-state index in [1.165, 1.54) is 22.4 Å². The van der Waals surface area contributed by atoms with Crippen LogP contribution < -0.4 is 11.2 Å². The highest BCUT2D eigenvalue weighted by Crippen LogP contribution is 2.26. The van der Waals surface area contributed by atoms with Crippen LogP contribution in [0.4, 0.5) is 10.1 Å². The number of nitrogens with zero attached hydrogens (tertiary/aromatic N) is 3. The molecule has 0 bridgehead atoms. The molecule has 8 heteroatoms. The van der Waals surface area contributed by atoms with Crippen molar-refractivity contribution in [3.05, 3.63) is 59.9 Å². The third-order valence-electron chi connectivity index (χ3n) is 4.15. The van der Waals surface area contributed by atoms with Gasteiger partial charge in [0.1, 0.15) is 5.82 Å². The van der Waals surface area contributed by atoms with Gasteiger partial charge in [0.15, 0.2) is 5.82 Å². The van der Waals surface area contributed by atoms with Crippen molar-refractivity contribution in [2.45, 2.75) is 31.3 Å². The molecule has 0 spiro atoms. The number of amides is 1. The van der Waals surface area contributed by atoms with Gasteiger partial charge in [-0.25, -0.2) is 9.07 Å². The SMILES string of the molecule is CC(C)(C)c1ccc(-c2nnc(SCC(=O)Nc3ccccc3F)n2N)cc1. The number of nitrogens with two attached hydrogens (primary N) is 1. The number of hydrogen-bond donors (Lipinski definition) is 2. The molecule has 0 aliphatic carbocycles. The molecule has 1 heterocycles. The zero-order chi connectivity index (χ0) is 20.3. The van der Waals surface area contributed by atoms with E-state index in [1.54, 1.807) is 12.1 Å². The molecule has 1 aromatic heterocycles. The predicted octanol–water partition coefficient (Wildman–Crippen LogP) is 3.83. The molecular weight excluding hydrogens is 377 g/mol. The molecule has 3 rings (SSSR count). The van der Waals surface area contributed by atoms with E-state index < -0.39 is 5.82 Å². The minimum Gasteiger partial charge on any atom is -0.335 e. The average Bonchev–Trinajstić information content (AvgIpc) is 3.02. The van der Waals surface area contributed by atoms with E-state index in [-0.39, 0.29) is 22.8 Å². The summed E-state index contributed by atoms with van der Waals surface area (Å²) >= 11 is 1.13. The molecule has 0 atom stereocenters. The van der Waals surface area contributed by atoms with E-state index in [9.17, 15) is 9.18 Å². The van der Waals surface area contributed by atoms with Crippen LogP contribution in [0.3, 0.4) is 0 Å². The highest BCUT2D eigenvalue weighted by Gasteiger charge is 2.17. The molecule has 146 valence electrons. The molecule has 1 amide bonds. The number of benzene rings is 2. The van der Waals surface area contributed by atoms with Gasteiger partial charge < -0.3 is 11.2 Å². The van der Waals surface area contributed by atoms with Crippen molar-refractivity contribution in [2.24, 2.45) is 0 Å². The first-order valence-electron chi connectivity index (χ1n) is 8.74. The normalized spacial score (nSPS) is 11.4. The molecule has 0 aliphatic heterocycles. The van der Waals surface area contributed by atoms with Crippen LogP contribution in [0.1, 0.15) is 26.3 Å². The Kier molecular flexibility index (Phi) is 5.69. The lowest BCUT2D eigenvalue weighted by molar-refractivity contribution is -0.113. The Morgan fingerprint density at radius 2 is 1.82 bits per heavy atom. The van der Waals surface area contributed by atoms with E-state index in [2.05, 4.69) is 36.3 Å². The van der Waals surface area contributed by atoms with E-state index >= 15 is 0 Å². The smallest absolute Gasteiger partial charge is 0.234 e. The Morgan fingerprint density at radius 3 is 2.46 bits per heavy atom. The Hall–Kier alpha value is -2.87. The van der Waals surface area contributed by atoms with Crippen LogP contribution in [0.15, 0.2) is 53.7 Å². The Balaban J connectivity index is 1.66. The summed E-state index contributed by atoms with van der Waals surface area (Å²) in [4.78, 5) is 12.1. The second-order valence-corrected chi connectivity index (χ2v) is 8.26. The van der Waals surface area contributed by atoms with Crippen LogP contribution in [0, 0.1) is 5.82 Å². The predicted molar refractivity (Wildman–Crippen MR) is 110 cm³/mol. The van der Waals surface area contributed by atoms with Crippen LogP contribution >= 0.6 is 11.8 Å². The summed E-state index contributed by atoms with van der Waals surface area (Å²) in [6.07, 6.45) is 0. The number of hydrogen-bond acceptors (Lipinski definition) is 5. The van der Waals surface area contributed by atoms with E-state index in [4.69, 9.17) is 5.84 Å². The first kappa shape index (κ1) is 19.9. The summed E-state index contributed by atoms with van der Waals surface area (Å²) in [6, 6.07) is 14.0. The maximum absolute atomic E-state index is 13.6. The minimum absolute atomic E-state index is 0.0344. The van der Waals surface area contributed by atoms with Crippen molar-refractivity contribution in [3.8, 4) is 11.4 Å². The zero-order valence-electron chi connectivity index (χ0n) is 15.9. The van der Waals surface area contributed by atoms with Crippen LogP contribution in [-0.2, 0) is 10.2 Å². The first-order valence-corrected chi connectivity index (χ1v) is 9.73. The number of para-hydroxylation sites is 1. The number of aromatic nitrogens is 3. The molecule has 0 unspecified atom stereocenters. The lowest BCUT2D eigenvalue weighted by Gasteiger charge is -2.19. The van der Waals surface area contributed by atoms with E-state index in [0.29, 0.717) is 11.0 Å². The fraction of sp³-hybridized carbons (Fsp3) is 0.250. The lowest BCUT2D eigenvalue weighted by atomic mass is 9.87. The van der Waals surface area contributed by atoms with Gasteiger partial charge in [-0.15, -0.1) is 10.2 Å². The third kappa shape index (κ3) is 4.51. The van der Waals surface area contributed by atoms with Crippen molar-refractivity contribution in [1.29, 1.82) is 0 Å². The number of thioether (sulfide) groups is 1. The van der Waals surface area contributed by atoms with Crippen molar-refractivity contribution in [1.82, 2.24) is 14.9 Å². The number of nitrogens with one attached hydrogen (secondary N) is 1. The van der Waals surface area contributed by atoms with Crippen molar-refractivity contribution in [2.75, 3.05) is 16.9 Å². The number of anilines is 1. The van der Waals surface area contributed by atoms with Crippen molar-refractivity contribution in [3.63, 3.8) is 0 Å². The number of rotatable bonds is 5. The van der Waals surface area contributed by atoms with E-state index in [0.717, 1.165) is 17.3 Å². The Labute approximate surface area is 167 Å². The molecule has 3 N–H and O–H groups in total. The summed E-state index contributed by atoms with van der Waals surface area (Å²) in [7, 11) is 0. The molecule has 0 fully saturated rings. The molecule has 0 saturated heterocycles. The first-order chi connectivity index (χ1) is 13.3. The van der Waals surface area contributed by atoms with Gasteiger partial charge in [0, 0.05) is 5.56 Å². The van der Waals surface area contributed by atoms with Gasteiger partial charge in [0.25, 0.3) is 0 Å². The molecule has 0 saturated carbocycles. The molecule has 28 heavy (non-hydrogen) atoms. The molecule has 6 nitrogen and oxygen atoms in total. The quantitative estimate of drug-likeness (QED) is 0.503. The fourth-order valence-corrected chi connectivity index (χ4v) is 3.23. The Morgan fingerprint density at radius 1 is 1.14 bits per heavy atom. The second-order valence-electron chi connectivity index (χ2n) is 7.32. The van der Waals surface area contributed by atoms with Crippen LogP contribution in [0.25, 0.3) is 11.4 Å². The summed E-state index contributed by atoms with van der Waals surface area (Å²) < 4.78 is 15.0. The van der Waals surface area contributed by atoms with Gasteiger partial charge in [-0.3, -0.25) is 4.79 Å². The van der Waals surface area contributed by atoms with Crippen molar-refractivity contribution < 1.29 is 9.18 Å². The highest BCUT2D eigenvalue weighted by atomic mass is 32.2. The molecule has 0 aliphatic rings. The molecule has 3 aromatic rings. The monoisotopic (exact) mass is 399 g/mol. The summed E-state index contributed by atoms with van der Waals surface area (Å²) in [5, 5.41) is 11.1. The van der Waals surface area contributed by atoms with Crippen LogP contribution in [0.2, 0.25) is 0 Å². The van der Waals surface area contributed by atoms with E-state index in [1.807, 2.05) is 24.3 Å². The third-order valence-corrected chi connectivity index (χ3v) is 5.10. The van der Waals surface area contributed by atoms with Gasteiger partial charge >= 0.3 is 0 Å². The highest BCUT2D eigenvalue weighted by molar-refractivity contribution is 7.99. The zero-order valence-corrected chi connectivity index (χ0v) is 16.8. The average molecular weight is 399 g/mol. The fourth-order valence-electron chi connectivity index (χ4n) is 2.57. The largest absolute Gasteiger partial charge is 0.335 e. The number of nitrogen functional groups attached to an aromatic ring is 1. The number of carbonyl (C=O) groups excluding carboxylic acids is 1. The van der Waals surface area contributed by atoms with Gasteiger partial charge in [0.05, 0.1) is 11.4 Å².